The molecule has 1 amide bonds. The van der Waals surface area contributed by atoms with E-state index in [4.69, 9.17) is 14.1 Å². The molecule has 0 saturated heterocycles. The number of ether oxygens (including phenoxy) is 1. The van der Waals surface area contributed by atoms with Gasteiger partial charge in [-0.25, -0.2) is 9.78 Å². The molecule has 0 spiro atoms. The molecule has 5 rings (SSSR count). The number of benzene rings is 3. The maximum absolute atomic E-state index is 13.1. The lowest BCUT2D eigenvalue weighted by molar-refractivity contribution is 0.0950. The first-order valence-corrected chi connectivity index (χ1v) is 10.5. The van der Waals surface area contributed by atoms with Crippen LogP contribution in [0.4, 0.5) is 0 Å². The maximum atomic E-state index is 13.1. The number of nitrogens with one attached hydrogen (secondary N) is 1. The number of carbonyl (C=O) groups is 1. The highest BCUT2D eigenvalue weighted by molar-refractivity contribution is 6.05. The highest BCUT2D eigenvalue weighted by Gasteiger charge is 2.16. The molecule has 0 unspecified atom stereocenters. The standard InChI is InChI=1S/C26H21N3O4/c1-32-18-11-12-19-20(14-25(30)33-23(19)13-18)26(31)27-15-24-28-21-9-5-6-10-22(21)29(24)16-17-7-3-2-4-8-17/h2-14H,15-16H2,1H3,(H,27,31). The molecule has 0 saturated carbocycles. The molecule has 0 aliphatic rings. The summed E-state index contributed by atoms with van der Waals surface area (Å²) in [4.78, 5) is 29.8. The van der Waals surface area contributed by atoms with Gasteiger partial charge >= 0.3 is 5.63 Å². The molecule has 7 nitrogen and oxygen atoms in total. The lowest BCUT2D eigenvalue weighted by Crippen LogP contribution is -2.26. The van der Waals surface area contributed by atoms with Gasteiger partial charge in [0.05, 0.1) is 30.3 Å². The molecule has 7 heteroatoms. The van der Waals surface area contributed by atoms with E-state index in [1.165, 1.54) is 13.2 Å². The number of amides is 1. The summed E-state index contributed by atoms with van der Waals surface area (Å²) in [5, 5.41) is 3.45. The van der Waals surface area contributed by atoms with Crippen molar-refractivity contribution in [1.29, 1.82) is 0 Å². The fraction of sp³-hybridized carbons (Fsp3) is 0.115. The van der Waals surface area contributed by atoms with Crippen LogP contribution in [0.2, 0.25) is 0 Å². The van der Waals surface area contributed by atoms with Crippen LogP contribution in [0.25, 0.3) is 22.0 Å². The molecular formula is C26H21N3O4. The van der Waals surface area contributed by atoms with E-state index in [2.05, 4.69) is 22.0 Å². The van der Waals surface area contributed by atoms with E-state index in [1.807, 2.05) is 42.5 Å². The molecule has 0 fully saturated rings. The molecule has 0 aliphatic heterocycles. The summed E-state index contributed by atoms with van der Waals surface area (Å²) < 4.78 is 12.5. The summed E-state index contributed by atoms with van der Waals surface area (Å²) in [6.07, 6.45) is 0. The van der Waals surface area contributed by atoms with E-state index in [-0.39, 0.29) is 18.0 Å². The number of hydrogen-bond acceptors (Lipinski definition) is 5. The monoisotopic (exact) mass is 439 g/mol. The number of rotatable bonds is 6. The Morgan fingerprint density at radius 3 is 2.64 bits per heavy atom. The third-order valence-electron chi connectivity index (χ3n) is 5.52. The van der Waals surface area contributed by atoms with Crippen molar-refractivity contribution < 1.29 is 13.9 Å². The fourth-order valence-electron chi connectivity index (χ4n) is 3.92. The quantitative estimate of drug-likeness (QED) is 0.402. The predicted octanol–water partition coefficient (Wildman–Crippen LogP) is 4.13. The van der Waals surface area contributed by atoms with Gasteiger partial charge in [0.25, 0.3) is 5.91 Å². The summed E-state index contributed by atoms with van der Waals surface area (Å²) in [6, 6.07) is 24.2. The summed E-state index contributed by atoms with van der Waals surface area (Å²) in [6.45, 7) is 0.836. The van der Waals surface area contributed by atoms with Crippen molar-refractivity contribution in [2.24, 2.45) is 0 Å². The highest BCUT2D eigenvalue weighted by Crippen LogP contribution is 2.23. The third kappa shape index (κ3) is 4.08. The molecule has 0 bridgehead atoms. The molecule has 3 aromatic carbocycles. The Balaban J connectivity index is 1.46. The van der Waals surface area contributed by atoms with E-state index in [0.29, 0.717) is 23.3 Å². The summed E-state index contributed by atoms with van der Waals surface area (Å²) in [5.74, 6) is 0.886. The fourth-order valence-corrected chi connectivity index (χ4v) is 3.92. The first-order valence-electron chi connectivity index (χ1n) is 10.5. The first-order chi connectivity index (χ1) is 16.1. The minimum atomic E-state index is -0.600. The average molecular weight is 439 g/mol. The zero-order valence-electron chi connectivity index (χ0n) is 17.9. The van der Waals surface area contributed by atoms with Crippen LogP contribution in [-0.4, -0.2) is 22.6 Å². The number of methoxy groups -OCH3 is 1. The van der Waals surface area contributed by atoms with Crippen molar-refractivity contribution >= 4 is 27.9 Å². The van der Waals surface area contributed by atoms with E-state index in [0.717, 1.165) is 22.4 Å². The normalized spacial score (nSPS) is 11.1. The van der Waals surface area contributed by atoms with Gasteiger partial charge in [-0.3, -0.25) is 4.79 Å². The Bertz CT molecular complexity index is 1520. The summed E-state index contributed by atoms with van der Waals surface area (Å²) in [5.41, 5.74) is 2.92. The van der Waals surface area contributed by atoms with Crippen LogP contribution in [0.3, 0.4) is 0 Å². The lowest BCUT2D eigenvalue weighted by Gasteiger charge is -2.11. The molecule has 33 heavy (non-hydrogen) atoms. The van der Waals surface area contributed by atoms with E-state index >= 15 is 0 Å². The molecule has 0 atom stereocenters. The Morgan fingerprint density at radius 2 is 1.82 bits per heavy atom. The second-order valence-electron chi connectivity index (χ2n) is 7.61. The minimum Gasteiger partial charge on any atom is -0.497 e. The van der Waals surface area contributed by atoms with E-state index in [9.17, 15) is 9.59 Å². The number of nitrogens with zero attached hydrogens (tertiary/aromatic N) is 2. The van der Waals surface area contributed by atoms with Crippen LogP contribution in [0, 0.1) is 0 Å². The van der Waals surface area contributed by atoms with Crippen molar-refractivity contribution in [3.05, 3.63) is 106 Å². The van der Waals surface area contributed by atoms with Crippen LogP contribution < -0.4 is 15.7 Å². The Kier molecular flexibility index (Phi) is 5.36. The first kappa shape index (κ1) is 20.5. The van der Waals surface area contributed by atoms with Crippen molar-refractivity contribution in [2.75, 3.05) is 7.11 Å². The van der Waals surface area contributed by atoms with Crippen LogP contribution in [0.15, 0.2) is 88.1 Å². The summed E-state index contributed by atoms with van der Waals surface area (Å²) >= 11 is 0. The molecule has 164 valence electrons. The second-order valence-corrected chi connectivity index (χ2v) is 7.61. The Labute approximate surface area is 189 Å². The van der Waals surface area contributed by atoms with Gasteiger partial charge in [0.15, 0.2) is 0 Å². The van der Waals surface area contributed by atoms with Crippen LogP contribution in [-0.2, 0) is 13.1 Å². The zero-order valence-corrected chi connectivity index (χ0v) is 17.9. The second kappa shape index (κ2) is 8.63. The van der Waals surface area contributed by atoms with Crippen molar-refractivity contribution in [3.63, 3.8) is 0 Å². The maximum Gasteiger partial charge on any atom is 0.337 e. The number of aromatic nitrogens is 2. The number of hydrogen-bond donors (Lipinski definition) is 1. The lowest BCUT2D eigenvalue weighted by atomic mass is 10.1. The van der Waals surface area contributed by atoms with Gasteiger partial charge in [-0.1, -0.05) is 42.5 Å². The van der Waals surface area contributed by atoms with Gasteiger partial charge in [0, 0.05) is 24.1 Å². The third-order valence-corrected chi connectivity index (χ3v) is 5.52. The van der Waals surface area contributed by atoms with E-state index in [1.54, 1.807) is 18.2 Å². The van der Waals surface area contributed by atoms with Crippen LogP contribution >= 0.6 is 0 Å². The average Bonchev–Trinajstić information content (AvgIpc) is 3.19. The largest absolute Gasteiger partial charge is 0.497 e. The molecule has 2 heterocycles. The number of fused-ring (bicyclic) bond motifs is 2. The van der Waals surface area contributed by atoms with Crippen LogP contribution in [0.5, 0.6) is 5.75 Å². The smallest absolute Gasteiger partial charge is 0.337 e. The molecule has 0 radical (unpaired) electrons. The van der Waals surface area contributed by atoms with Gasteiger partial charge < -0.3 is 19.0 Å². The predicted molar refractivity (Wildman–Crippen MR) is 125 cm³/mol. The highest BCUT2D eigenvalue weighted by atomic mass is 16.5. The Morgan fingerprint density at radius 1 is 1.03 bits per heavy atom. The molecule has 2 aromatic heterocycles. The van der Waals surface area contributed by atoms with Gasteiger partial charge in [-0.05, 0) is 29.8 Å². The zero-order chi connectivity index (χ0) is 22.8. The molecule has 0 aliphatic carbocycles. The molecular weight excluding hydrogens is 418 g/mol. The van der Waals surface area contributed by atoms with E-state index < -0.39 is 5.63 Å². The van der Waals surface area contributed by atoms with Gasteiger partial charge in [-0.2, -0.15) is 0 Å². The van der Waals surface area contributed by atoms with Crippen LogP contribution in [0.1, 0.15) is 21.7 Å². The van der Waals surface area contributed by atoms with Gasteiger partial charge in [0.1, 0.15) is 17.2 Å². The van der Waals surface area contributed by atoms with Crippen molar-refractivity contribution in [2.45, 2.75) is 13.1 Å². The molecule has 1 N–H and O–H groups in total. The Hall–Kier alpha value is -4.39. The van der Waals surface area contributed by atoms with Crippen molar-refractivity contribution in [1.82, 2.24) is 14.9 Å². The number of carbonyl (C=O) groups excluding carboxylic acids is 1. The number of para-hydroxylation sites is 2. The summed E-state index contributed by atoms with van der Waals surface area (Å²) in [7, 11) is 1.53. The topological polar surface area (TPSA) is 86.4 Å². The van der Waals surface area contributed by atoms with Gasteiger partial charge in [0.2, 0.25) is 0 Å². The number of imidazole rings is 1. The van der Waals surface area contributed by atoms with Crippen molar-refractivity contribution in [3.8, 4) is 5.75 Å². The minimum absolute atomic E-state index is 0.207. The SMILES string of the molecule is COc1ccc2c(C(=O)NCc3nc4ccccc4n3Cc3ccccc3)cc(=O)oc2c1. The molecule has 5 aromatic rings. The van der Waals surface area contributed by atoms with Gasteiger partial charge in [-0.15, -0.1) is 0 Å².